The number of aryl methyl sites for hydroxylation is 1. The molecule has 2 saturated carbocycles. The summed E-state index contributed by atoms with van der Waals surface area (Å²) in [5, 5.41) is 22.5. The number of carbonyl (C=O) groups excluding carboxylic acids is 1. The Kier molecular flexibility index (Phi) is 4.88. The molecule has 7 atom stereocenters. The van der Waals surface area contributed by atoms with Crippen LogP contribution in [0.4, 0.5) is 0 Å². The van der Waals surface area contributed by atoms with E-state index < -0.39 is 23.2 Å². The number of hydrogen-bond donors (Lipinski definition) is 2. The van der Waals surface area contributed by atoms with E-state index in [9.17, 15) is 15.0 Å². The van der Waals surface area contributed by atoms with Crippen molar-refractivity contribution in [2.24, 2.45) is 22.7 Å². The molecule has 0 amide bonds. The van der Waals surface area contributed by atoms with Crippen LogP contribution in [0.25, 0.3) is 0 Å². The van der Waals surface area contributed by atoms with E-state index in [0.29, 0.717) is 25.9 Å². The van der Waals surface area contributed by atoms with E-state index in [2.05, 4.69) is 13.8 Å². The molecule has 3 fully saturated rings. The van der Waals surface area contributed by atoms with Gasteiger partial charge in [0.25, 0.3) is 0 Å². The summed E-state index contributed by atoms with van der Waals surface area (Å²) in [5.41, 5.74) is -0.362. The normalized spacial score (nSPS) is 44.9. The van der Waals surface area contributed by atoms with Crippen molar-refractivity contribution in [3.63, 3.8) is 0 Å². The molecule has 3 aliphatic rings. The number of aliphatic hydroxyl groups excluding tert-OH is 2. The number of carbonyl (C=O) groups is 1. The number of furan rings is 1. The first kappa shape index (κ1) is 19.9. The van der Waals surface area contributed by atoms with Crippen molar-refractivity contribution >= 4 is 5.97 Å². The van der Waals surface area contributed by atoms with E-state index in [1.807, 2.05) is 6.07 Å². The van der Waals surface area contributed by atoms with Gasteiger partial charge in [0.05, 0.1) is 36.8 Å². The van der Waals surface area contributed by atoms with E-state index >= 15 is 0 Å². The first-order valence-electron chi connectivity index (χ1n) is 10.4. The summed E-state index contributed by atoms with van der Waals surface area (Å²) in [5.74, 6) is -0.357. The minimum atomic E-state index is -0.770. The van der Waals surface area contributed by atoms with E-state index in [4.69, 9.17) is 13.9 Å². The molecule has 1 spiro atoms. The van der Waals surface area contributed by atoms with Gasteiger partial charge in [0.1, 0.15) is 12.2 Å². The summed E-state index contributed by atoms with van der Waals surface area (Å²) in [6.07, 6.45) is 5.86. The molecule has 2 N–H and O–H groups in total. The highest BCUT2D eigenvalue weighted by Gasteiger charge is 2.75. The van der Waals surface area contributed by atoms with Crippen LogP contribution in [0.15, 0.2) is 23.0 Å². The van der Waals surface area contributed by atoms with Crippen LogP contribution in [0.3, 0.4) is 0 Å². The topological polar surface area (TPSA) is 92.4 Å². The standard InChI is InChI=1S/C22H32O6/c1-14-10-18(25)22(13-27-15(2)23)19(17(24)5-8-21(22)12-28-21)20(14,3)7-4-16-6-9-26-11-16/h6,9,11,14,17-19,24-25H,4-5,7-8,10,12-13H2,1-3H3/t14-,17+,18+,19-,20+,21-,22+/m1/s1. The maximum atomic E-state index is 11.7. The molecule has 0 aromatic carbocycles. The van der Waals surface area contributed by atoms with Gasteiger partial charge >= 0.3 is 5.97 Å². The fraction of sp³-hybridized carbons (Fsp3) is 0.773. The number of fused-ring (bicyclic) bond motifs is 2. The third kappa shape index (κ3) is 2.84. The fourth-order valence-electron chi connectivity index (χ4n) is 6.36. The zero-order chi connectivity index (χ0) is 20.2. The highest BCUT2D eigenvalue weighted by atomic mass is 16.6. The molecule has 28 heavy (non-hydrogen) atoms. The number of rotatable bonds is 5. The van der Waals surface area contributed by atoms with Gasteiger partial charge in [-0.15, -0.1) is 0 Å². The van der Waals surface area contributed by atoms with Gasteiger partial charge in [-0.25, -0.2) is 0 Å². The monoisotopic (exact) mass is 392 g/mol. The second-order valence-electron chi connectivity index (χ2n) is 9.48. The summed E-state index contributed by atoms with van der Waals surface area (Å²) < 4.78 is 16.7. The van der Waals surface area contributed by atoms with Gasteiger partial charge in [-0.1, -0.05) is 13.8 Å². The largest absolute Gasteiger partial charge is 0.472 e. The Labute approximate surface area is 166 Å². The Morgan fingerprint density at radius 3 is 2.75 bits per heavy atom. The van der Waals surface area contributed by atoms with Crippen molar-refractivity contribution in [3.8, 4) is 0 Å². The molecule has 2 heterocycles. The summed E-state index contributed by atoms with van der Waals surface area (Å²) in [4.78, 5) is 11.7. The third-order valence-corrected chi connectivity index (χ3v) is 8.18. The molecule has 1 aromatic heterocycles. The second kappa shape index (κ2) is 6.85. The highest BCUT2D eigenvalue weighted by molar-refractivity contribution is 5.66. The highest BCUT2D eigenvalue weighted by Crippen LogP contribution is 2.68. The molecule has 156 valence electrons. The van der Waals surface area contributed by atoms with Crippen LogP contribution in [0.2, 0.25) is 0 Å². The Hall–Kier alpha value is -1.37. The maximum absolute atomic E-state index is 11.7. The van der Waals surface area contributed by atoms with Crippen LogP contribution < -0.4 is 0 Å². The van der Waals surface area contributed by atoms with Crippen LogP contribution in [-0.2, 0) is 20.7 Å². The molecular formula is C22H32O6. The van der Waals surface area contributed by atoms with Crippen LogP contribution >= 0.6 is 0 Å². The van der Waals surface area contributed by atoms with Gasteiger partial charge in [0.2, 0.25) is 0 Å². The quantitative estimate of drug-likeness (QED) is 0.591. The lowest BCUT2D eigenvalue weighted by Gasteiger charge is -2.63. The minimum absolute atomic E-state index is 0.0965. The minimum Gasteiger partial charge on any atom is -0.472 e. The van der Waals surface area contributed by atoms with E-state index in [-0.39, 0.29) is 29.8 Å². The molecule has 0 radical (unpaired) electrons. The summed E-state index contributed by atoms with van der Waals surface area (Å²) in [6.45, 7) is 6.43. The molecule has 2 aliphatic carbocycles. The Balaban J connectivity index is 1.73. The van der Waals surface area contributed by atoms with Gasteiger partial charge in [0, 0.05) is 12.8 Å². The summed E-state index contributed by atoms with van der Waals surface area (Å²) >= 11 is 0. The van der Waals surface area contributed by atoms with E-state index in [1.54, 1.807) is 12.5 Å². The Bertz CT molecular complexity index is 711. The number of ether oxygens (including phenoxy) is 2. The lowest BCUT2D eigenvalue weighted by atomic mass is 9.42. The van der Waals surface area contributed by atoms with Gasteiger partial charge in [-0.05, 0) is 55.1 Å². The number of epoxide rings is 1. The van der Waals surface area contributed by atoms with E-state index in [0.717, 1.165) is 18.4 Å². The number of hydrogen-bond acceptors (Lipinski definition) is 6. The van der Waals surface area contributed by atoms with Crippen molar-refractivity contribution < 1.29 is 28.9 Å². The van der Waals surface area contributed by atoms with Crippen LogP contribution in [0.5, 0.6) is 0 Å². The lowest BCUT2D eigenvalue weighted by Crippen LogP contribution is -2.69. The Morgan fingerprint density at radius 1 is 1.39 bits per heavy atom. The zero-order valence-electron chi connectivity index (χ0n) is 17.0. The van der Waals surface area contributed by atoms with Crippen molar-refractivity contribution in [2.75, 3.05) is 13.2 Å². The predicted molar refractivity (Wildman–Crippen MR) is 101 cm³/mol. The molecule has 0 bridgehead atoms. The van der Waals surface area contributed by atoms with Gasteiger partial charge in [-0.2, -0.15) is 0 Å². The summed E-state index contributed by atoms with van der Waals surface area (Å²) in [6, 6.07) is 1.97. The SMILES string of the molecule is CC(=O)OC[C@]12[C@H]([C@@H](O)CC[C@@]13CO3)[C@@](C)(CCc1ccoc1)[C@H](C)C[C@@H]2O. The van der Waals surface area contributed by atoms with Crippen molar-refractivity contribution in [1.82, 2.24) is 0 Å². The molecule has 1 aromatic rings. The van der Waals surface area contributed by atoms with Gasteiger partial charge in [-0.3, -0.25) is 4.79 Å². The average Bonchev–Trinajstić information content (AvgIpc) is 3.23. The molecule has 1 saturated heterocycles. The fourth-order valence-corrected chi connectivity index (χ4v) is 6.36. The van der Waals surface area contributed by atoms with Crippen molar-refractivity contribution in [1.29, 1.82) is 0 Å². The van der Waals surface area contributed by atoms with Crippen molar-refractivity contribution in [2.45, 2.75) is 70.7 Å². The first-order valence-corrected chi connectivity index (χ1v) is 10.4. The van der Waals surface area contributed by atoms with Crippen molar-refractivity contribution in [3.05, 3.63) is 24.2 Å². The molecule has 1 aliphatic heterocycles. The van der Waals surface area contributed by atoms with Crippen LogP contribution in [0.1, 0.15) is 52.0 Å². The van der Waals surface area contributed by atoms with E-state index in [1.165, 1.54) is 6.92 Å². The smallest absolute Gasteiger partial charge is 0.302 e. The third-order valence-electron chi connectivity index (χ3n) is 8.18. The predicted octanol–water partition coefficient (Wildman–Crippen LogP) is 2.71. The molecule has 4 rings (SSSR count). The summed E-state index contributed by atoms with van der Waals surface area (Å²) in [7, 11) is 0. The average molecular weight is 392 g/mol. The maximum Gasteiger partial charge on any atom is 0.302 e. The number of esters is 1. The molecule has 6 nitrogen and oxygen atoms in total. The first-order chi connectivity index (χ1) is 13.3. The second-order valence-corrected chi connectivity index (χ2v) is 9.48. The van der Waals surface area contributed by atoms with Gasteiger partial charge < -0.3 is 24.1 Å². The number of aliphatic hydroxyl groups is 2. The lowest BCUT2D eigenvalue weighted by molar-refractivity contribution is -0.246. The molecule has 0 unspecified atom stereocenters. The zero-order valence-corrected chi connectivity index (χ0v) is 17.0. The molecule has 6 heteroatoms. The van der Waals surface area contributed by atoms with Gasteiger partial charge in [0.15, 0.2) is 0 Å². The molecular weight excluding hydrogens is 360 g/mol. The van der Waals surface area contributed by atoms with Crippen LogP contribution in [0, 0.1) is 22.7 Å². The van der Waals surface area contributed by atoms with Crippen LogP contribution in [-0.4, -0.2) is 47.2 Å². The Morgan fingerprint density at radius 2 is 2.14 bits per heavy atom.